The molecule has 1 aromatic rings. The molecule has 0 spiro atoms. The highest BCUT2D eigenvalue weighted by molar-refractivity contribution is 8.15. The zero-order valence-corrected chi connectivity index (χ0v) is 16.6. The molecule has 0 aliphatic heterocycles. The van der Waals surface area contributed by atoms with E-state index in [2.05, 4.69) is 16.3 Å². The van der Waals surface area contributed by atoms with Crippen molar-refractivity contribution in [2.75, 3.05) is 24.8 Å². The number of ether oxygens (including phenoxy) is 1. The van der Waals surface area contributed by atoms with E-state index in [9.17, 15) is 18.0 Å². The van der Waals surface area contributed by atoms with Crippen molar-refractivity contribution >= 4 is 28.1 Å². The Labute approximate surface area is 154 Å². The van der Waals surface area contributed by atoms with Gasteiger partial charge in [0.05, 0.1) is 17.0 Å². The van der Waals surface area contributed by atoms with Gasteiger partial charge in [0.1, 0.15) is 0 Å². The van der Waals surface area contributed by atoms with Crippen molar-refractivity contribution < 1.29 is 27.2 Å². The first-order valence-electron chi connectivity index (χ1n) is 8.14. The second-order valence-electron chi connectivity index (χ2n) is 7.27. The predicted molar refractivity (Wildman–Crippen MR) is 99.0 cm³/mol. The minimum Gasteiger partial charge on any atom is -0.384 e. The van der Waals surface area contributed by atoms with E-state index in [0.717, 1.165) is 0 Å². The van der Waals surface area contributed by atoms with Crippen LogP contribution in [-0.2, 0) is 14.9 Å². The fourth-order valence-corrected chi connectivity index (χ4v) is 3.50. The summed E-state index contributed by atoms with van der Waals surface area (Å²) < 4.78 is 46.2. The first-order chi connectivity index (χ1) is 11.8. The minimum absolute atomic E-state index is 0.0511. The Morgan fingerprint density at radius 1 is 1.35 bits per heavy atom. The van der Waals surface area contributed by atoms with E-state index < -0.39 is 27.8 Å². The zero-order chi connectivity index (χ0) is 20.2. The van der Waals surface area contributed by atoms with Crippen LogP contribution >= 0.6 is 10.5 Å². The fourth-order valence-electron chi connectivity index (χ4n) is 2.18. The number of anilines is 1. The highest BCUT2D eigenvalue weighted by Crippen LogP contribution is 2.34. The highest BCUT2D eigenvalue weighted by atomic mass is 32.2. The van der Waals surface area contributed by atoms with Crippen LogP contribution in [0.5, 0.6) is 0 Å². The van der Waals surface area contributed by atoms with Gasteiger partial charge in [0, 0.05) is 25.0 Å². The number of aromatic nitrogens is 1. The average Bonchev–Trinajstić information content (AvgIpc) is 2.95. The molecule has 0 aromatic carbocycles. The molecule has 1 unspecified atom stereocenters. The van der Waals surface area contributed by atoms with Crippen LogP contribution in [0.15, 0.2) is 10.6 Å². The summed E-state index contributed by atoms with van der Waals surface area (Å²) in [6, 6.07) is 1.62. The third-order valence-corrected chi connectivity index (χ3v) is 6.48. The van der Waals surface area contributed by atoms with Gasteiger partial charge in [-0.05, 0) is 26.0 Å². The third kappa shape index (κ3) is 6.42. The lowest BCUT2D eigenvalue weighted by atomic mass is 9.90. The average molecular weight is 396 g/mol. The van der Waals surface area contributed by atoms with Gasteiger partial charge in [-0.3, -0.25) is 10.1 Å². The van der Waals surface area contributed by atoms with Crippen LogP contribution in [-0.4, -0.2) is 47.3 Å². The molecule has 1 rings (SSSR count). The Balaban J connectivity index is 2.71. The largest absolute Gasteiger partial charge is 0.389 e. The monoisotopic (exact) mass is 396 g/mol. The maximum absolute atomic E-state index is 12.5. The van der Waals surface area contributed by atoms with E-state index in [1.807, 2.05) is 13.8 Å². The van der Waals surface area contributed by atoms with Crippen LogP contribution in [0.2, 0.25) is 0 Å². The molecule has 1 heterocycles. The maximum atomic E-state index is 12.5. The van der Waals surface area contributed by atoms with Gasteiger partial charge in [-0.2, -0.15) is 23.7 Å². The van der Waals surface area contributed by atoms with Gasteiger partial charge in [-0.1, -0.05) is 24.9 Å². The normalized spacial score (nSPS) is 14.3. The number of methoxy groups -OCH3 is 1. The van der Waals surface area contributed by atoms with Gasteiger partial charge in [0.25, 0.3) is 0 Å². The van der Waals surface area contributed by atoms with E-state index in [-0.39, 0.29) is 29.4 Å². The molecule has 1 amide bonds. The predicted octanol–water partition coefficient (Wildman–Crippen LogP) is 4.36. The summed E-state index contributed by atoms with van der Waals surface area (Å²) in [4.78, 5) is 12.5. The topological polar surface area (TPSA) is 64.4 Å². The summed E-state index contributed by atoms with van der Waals surface area (Å²) in [5.41, 5.74) is 0.247. The van der Waals surface area contributed by atoms with Gasteiger partial charge >= 0.3 is 6.18 Å². The van der Waals surface area contributed by atoms with Crippen molar-refractivity contribution in [3.63, 3.8) is 0 Å². The number of hydrogen-bond acceptors (Lipinski definition) is 4. The number of carbonyl (C=O) groups excluding carboxylic acids is 1. The molecule has 0 radical (unpaired) electrons. The minimum atomic E-state index is -4.19. The Hall–Kier alpha value is -1.35. The summed E-state index contributed by atoms with van der Waals surface area (Å²) >= 11 is 0. The van der Waals surface area contributed by atoms with Gasteiger partial charge < -0.3 is 9.26 Å². The molecule has 1 N–H and O–H groups in total. The van der Waals surface area contributed by atoms with Crippen molar-refractivity contribution in [3.8, 4) is 0 Å². The quantitative estimate of drug-likeness (QED) is 0.630. The van der Waals surface area contributed by atoms with E-state index in [4.69, 9.17) is 9.26 Å². The van der Waals surface area contributed by atoms with Crippen molar-refractivity contribution in [1.82, 2.24) is 5.16 Å². The number of amides is 1. The molecule has 0 aliphatic carbocycles. The van der Waals surface area contributed by atoms with Crippen LogP contribution < -0.4 is 5.32 Å². The van der Waals surface area contributed by atoms with Gasteiger partial charge in [-0.25, -0.2) is 0 Å². The number of carbonyl (C=O) groups is 1. The summed E-state index contributed by atoms with van der Waals surface area (Å²) in [5.74, 6) is 3.95. The molecule has 0 saturated carbocycles. The number of halogens is 3. The highest BCUT2D eigenvalue weighted by Gasteiger charge is 2.33. The molecule has 5 nitrogen and oxygen atoms in total. The number of rotatable bonds is 9. The van der Waals surface area contributed by atoms with Gasteiger partial charge in [-0.15, -0.1) is 0 Å². The molecular weight excluding hydrogens is 369 g/mol. The standard InChI is InChI=1S/C17H27F3N2O3S/c1-15(2,11-24-5)12-10-13(25-22-12)21-14(23)16(3,4)26(6)9-7-8-17(18,19)20/h10H,6-9,11H2,1-5H3,(H,21,23). The first kappa shape index (κ1) is 22.7. The van der Waals surface area contributed by atoms with Crippen molar-refractivity contribution in [2.24, 2.45) is 0 Å². The summed E-state index contributed by atoms with van der Waals surface area (Å²) in [6.07, 6.45) is -5.11. The smallest absolute Gasteiger partial charge is 0.384 e. The van der Waals surface area contributed by atoms with Crippen LogP contribution in [0.4, 0.5) is 19.1 Å². The number of nitrogens with one attached hydrogen (secondary N) is 1. The Kier molecular flexibility index (Phi) is 7.47. The second kappa shape index (κ2) is 8.56. The number of nitrogens with zero attached hydrogens (tertiary/aromatic N) is 1. The molecular formula is C17H27F3N2O3S. The van der Waals surface area contributed by atoms with E-state index in [1.165, 1.54) is 0 Å². The van der Waals surface area contributed by atoms with Crippen LogP contribution in [0.25, 0.3) is 0 Å². The lowest BCUT2D eigenvalue weighted by Crippen LogP contribution is -2.36. The molecule has 0 saturated heterocycles. The molecule has 1 aromatic heterocycles. The van der Waals surface area contributed by atoms with Crippen LogP contribution in [0, 0.1) is 0 Å². The maximum Gasteiger partial charge on any atom is 0.389 e. The molecule has 0 fully saturated rings. The number of alkyl halides is 3. The van der Waals surface area contributed by atoms with E-state index in [1.54, 1.807) is 27.0 Å². The second-order valence-corrected chi connectivity index (χ2v) is 9.69. The number of hydrogen-bond donors (Lipinski definition) is 1. The van der Waals surface area contributed by atoms with Gasteiger partial charge in [0.15, 0.2) is 0 Å². The molecule has 0 aliphatic rings. The van der Waals surface area contributed by atoms with Crippen LogP contribution in [0.3, 0.4) is 0 Å². The van der Waals surface area contributed by atoms with Crippen LogP contribution in [0.1, 0.15) is 46.2 Å². The third-order valence-electron chi connectivity index (χ3n) is 4.06. The SMILES string of the molecule is C=S(CCCC(F)(F)F)C(C)(C)C(=O)Nc1cc(C(C)(C)COC)no1. The molecule has 26 heavy (non-hydrogen) atoms. The lowest BCUT2D eigenvalue weighted by molar-refractivity contribution is -0.134. The first-order valence-corrected chi connectivity index (χ1v) is 9.71. The van der Waals surface area contributed by atoms with Crippen molar-refractivity contribution in [2.45, 2.75) is 56.9 Å². The molecule has 9 heteroatoms. The molecule has 1 atom stereocenters. The van der Waals surface area contributed by atoms with Gasteiger partial charge in [0.2, 0.25) is 11.8 Å². The zero-order valence-electron chi connectivity index (χ0n) is 15.8. The fraction of sp³-hybridized carbons (Fsp3) is 0.706. The van der Waals surface area contributed by atoms with E-state index >= 15 is 0 Å². The summed E-state index contributed by atoms with van der Waals surface area (Å²) in [6.45, 7) is 7.62. The molecule has 0 bridgehead atoms. The summed E-state index contributed by atoms with van der Waals surface area (Å²) in [5, 5.41) is 6.60. The van der Waals surface area contributed by atoms with Crippen molar-refractivity contribution in [1.29, 1.82) is 0 Å². The Morgan fingerprint density at radius 3 is 2.50 bits per heavy atom. The Morgan fingerprint density at radius 2 is 1.96 bits per heavy atom. The summed E-state index contributed by atoms with van der Waals surface area (Å²) in [7, 11) is 0.808. The lowest BCUT2D eigenvalue weighted by Gasteiger charge is -2.27. The van der Waals surface area contributed by atoms with E-state index in [0.29, 0.717) is 12.3 Å². The Bertz CT molecular complexity index is 639. The van der Waals surface area contributed by atoms with Crippen molar-refractivity contribution in [3.05, 3.63) is 11.8 Å². The molecule has 150 valence electrons.